The summed E-state index contributed by atoms with van der Waals surface area (Å²) in [6.45, 7) is 8.39. The molecule has 0 bridgehead atoms. The van der Waals surface area contributed by atoms with E-state index >= 15 is 0 Å². The fraction of sp³-hybridized carbons (Fsp3) is 0.467. The molecule has 0 fully saturated rings. The molecule has 1 aromatic rings. The summed E-state index contributed by atoms with van der Waals surface area (Å²) >= 11 is 0. The average molecular weight is 249 g/mol. The van der Waals surface area contributed by atoms with Gasteiger partial charge >= 0.3 is 0 Å². The van der Waals surface area contributed by atoms with Crippen LogP contribution >= 0.6 is 0 Å². The summed E-state index contributed by atoms with van der Waals surface area (Å²) in [5.41, 5.74) is 8.09. The van der Waals surface area contributed by atoms with Crippen LogP contribution in [0, 0.1) is 0 Å². The van der Waals surface area contributed by atoms with Crippen LogP contribution in [0.15, 0.2) is 30.4 Å². The zero-order valence-electron chi connectivity index (χ0n) is 11.5. The lowest BCUT2D eigenvalue weighted by molar-refractivity contribution is 0.345. The van der Waals surface area contributed by atoms with Crippen molar-refractivity contribution in [2.24, 2.45) is 5.73 Å². The minimum atomic E-state index is 0.143. The lowest BCUT2D eigenvalue weighted by atomic mass is 10.0. The number of hydrogen-bond donors (Lipinski definition) is 1. The van der Waals surface area contributed by atoms with Crippen molar-refractivity contribution in [2.75, 3.05) is 13.7 Å². The molecule has 0 heterocycles. The maximum absolute atomic E-state index is 6.01. The van der Waals surface area contributed by atoms with E-state index in [-0.39, 0.29) is 6.04 Å². The number of hydrogen-bond acceptors (Lipinski definition) is 3. The molecule has 1 aromatic carbocycles. The van der Waals surface area contributed by atoms with Crippen molar-refractivity contribution in [3.63, 3.8) is 0 Å². The van der Waals surface area contributed by atoms with Gasteiger partial charge in [-0.1, -0.05) is 13.5 Å². The Morgan fingerprint density at radius 1 is 1.44 bits per heavy atom. The van der Waals surface area contributed by atoms with E-state index in [1.807, 2.05) is 25.1 Å². The van der Waals surface area contributed by atoms with E-state index < -0.39 is 0 Å². The summed E-state index contributed by atoms with van der Waals surface area (Å²) in [4.78, 5) is 0. The molecule has 0 aliphatic rings. The van der Waals surface area contributed by atoms with Gasteiger partial charge in [0.05, 0.1) is 7.11 Å². The molecule has 18 heavy (non-hydrogen) atoms. The molecule has 0 saturated carbocycles. The standard InChI is InChI=1S/C15H23NO2/c1-5-13(16)8-12-9-14(17-4)6-7-15(12)18-10-11(2)3/h6-7,9,13H,2,5,8,10,16H2,1,3-4H3. The molecule has 0 aromatic heterocycles. The van der Waals surface area contributed by atoms with Crippen molar-refractivity contribution < 1.29 is 9.47 Å². The molecule has 0 aliphatic carbocycles. The van der Waals surface area contributed by atoms with Crippen LogP contribution in [0.4, 0.5) is 0 Å². The van der Waals surface area contributed by atoms with Crippen LogP contribution < -0.4 is 15.2 Å². The zero-order valence-corrected chi connectivity index (χ0v) is 11.5. The Labute approximate surface area is 110 Å². The van der Waals surface area contributed by atoms with Crippen molar-refractivity contribution in [1.29, 1.82) is 0 Å². The van der Waals surface area contributed by atoms with Gasteiger partial charge in [-0.3, -0.25) is 0 Å². The van der Waals surface area contributed by atoms with Gasteiger partial charge in [0, 0.05) is 6.04 Å². The highest BCUT2D eigenvalue weighted by Gasteiger charge is 2.09. The zero-order chi connectivity index (χ0) is 13.5. The van der Waals surface area contributed by atoms with E-state index in [0.717, 1.165) is 35.5 Å². The summed E-state index contributed by atoms with van der Waals surface area (Å²) < 4.78 is 11.0. The molecule has 0 saturated heterocycles. The highest BCUT2D eigenvalue weighted by molar-refractivity contribution is 5.41. The van der Waals surface area contributed by atoms with Crippen LogP contribution in [0.3, 0.4) is 0 Å². The Hall–Kier alpha value is -1.48. The van der Waals surface area contributed by atoms with Gasteiger partial charge in [0.2, 0.25) is 0 Å². The maximum atomic E-state index is 6.01. The third-order valence-corrected chi connectivity index (χ3v) is 2.75. The first kappa shape index (κ1) is 14.6. The van der Waals surface area contributed by atoms with Crippen LogP contribution in [0.1, 0.15) is 25.8 Å². The van der Waals surface area contributed by atoms with Crippen molar-refractivity contribution in [3.8, 4) is 11.5 Å². The molecule has 0 aliphatic heterocycles. The van der Waals surface area contributed by atoms with E-state index in [4.69, 9.17) is 15.2 Å². The molecule has 0 amide bonds. The Kier molecular flexibility index (Phi) is 5.72. The van der Waals surface area contributed by atoms with Crippen molar-refractivity contribution in [1.82, 2.24) is 0 Å². The molecule has 0 spiro atoms. The molecular weight excluding hydrogens is 226 g/mol. The second-order valence-electron chi connectivity index (χ2n) is 4.59. The molecule has 2 N–H and O–H groups in total. The normalized spacial score (nSPS) is 12.0. The minimum absolute atomic E-state index is 0.143. The highest BCUT2D eigenvalue weighted by atomic mass is 16.5. The number of benzene rings is 1. The first-order chi connectivity index (χ1) is 8.56. The van der Waals surface area contributed by atoms with Crippen LogP contribution in [0.25, 0.3) is 0 Å². The van der Waals surface area contributed by atoms with Crippen LogP contribution in [-0.4, -0.2) is 19.8 Å². The molecule has 0 radical (unpaired) electrons. The first-order valence-corrected chi connectivity index (χ1v) is 6.26. The summed E-state index contributed by atoms with van der Waals surface area (Å²) in [6, 6.07) is 5.96. The topological polar surface area (TPSA) is 44.5 Å². The van der Waals surface area contributed by atoms with E-state index in [1.165, 1.54) is 0 Å². The van der Waals surface area contributed by atoms with E-state index in [9.17, 15) is 0 Å². The molecule has 3 nitrogen and oxygen atoms in total. The van der Waals surface area contributed by atoms with Crippen molar-refractivity contribution in [2.45, 2.75) is 32.7 Å². The van der Waals surface area contributed by atoms with Gasteiger partial charge in [-0.25, -0.2) is 0 Å². The lowest BCUT2D eigenvalue weighted by Crippen LogP contribution is -2.21. The van der Waals surface area contributed by atoms with E-state index in [2.05, 4.69) is 13.5 Å². The number of rotatable bonds is 7. The average Bonchev–Trinajstić information content (AvgIpc) is 2.36. The highest BCUT2D eigenvalue weighted by Crippen LogP contribution is 2.26. The van der Waals surface area contributed by atoms with Gasteiger partial charge in [-0.15, -0.1) is 0 Å². The van der Waals surface area contributed by atoms with E-state index in [1.54, 1.807) is 7.11 Å². The maximum Gasteiger partial charge on any atom is 0.123 e. The van der Waals surface area contributed by atoms with Crippen molar-refractivity contribution in [3.05, 3.63) is 35.9 Å². The third kappa shape index (κ3) is 4.41. The van der Waals surface area contributed by atoms with Crippen LogP contribution in [0.5, 0.6) is 11.5 Å². The fourth-order valence-electron chi connectivity index (χ4n) is 1.61. The van der Waals surface area contributed by atoms with Crippen molar-refractivity contribution >= 4 is 0 Å². The molecule has 100 valence electrons. The molecule has 1 rings (SSSR count). The number of nitrogens with two attached hydrogens (primary N) is 1. The molecule has 1 atom stereocenters. The van der Waals surface area contributed by atoms with E-state index in [0.29, 0.717) is 6.61 Å². The van der Waals surface area contributed by atoms with Gasteiger partial charge in [0.1, 0.15) is 18.1 Å². The predicted octanol–water partition coefficient (Wildman–Crippen LogP) is 2.93. The minimum Gasteiger partial charge on any atom is -0.497 e. The van der Waals surface area contributed by atoms with Gasteiger partial charge in [-0.2, -0.15) is 0 Å². The molecule has 3 heteroatoms. The second-order valence-corrected chi connectivity index (χ2v) is 4.59. The van der Waals surface area contributed by atoms with Gasteiger partial charge in [0.25, 0.3) is 0 Å². The SMILES string of the molecule is C=C(C)COc1ccc(OC)cc1CC(N)CC. The molecular formula is C15H23NO2. The largest absolute Gasteiger partial charge is 0.497 e. The van der Waals surface area contributed by atoms with Crippen LogP contribution in [0.2, 0.25) is 0 Å². The summed E-state index contributed by atoms with van der Waals surface area (Å²) in [6.07, 6.45) is 1.73. The Bertz CT molecular complexity index is 401. The van der Waals surface area contributed by atoms with Gasteiger partial charge in [-0.05, 0) is 49.1 Å². The fourth-order valence-corrected chi connectivity index (χ4v) is 1.61. The predicted molar refractivity (Wildman–Crippen MR) is 75.3 cm³/mol. The summed E-state index contributed by atoms with van der Waals surface area (Å²) in [7, 11) is 1.66. The summed E-state index contributed by atoms with van der Waals surface area (Å²) in [5.74, 6) is 1.69. The summed E-state index contributed by atoms with van der Waals surface area (Å²) in [5, 5.41) is 0. The molecule has 1 unspecified atom stereocenters. The number of ether oxygens (including phenoxy) is 2. The smallest absolute Gasteiger partial charge is 0.123 e. The Morgan fingerprint density at radius 3 is 2.72 bits per heavy atom. The Balaban J connectivity index is 2.89. The lowest BCUT2D eigenvalue weighted by Gasteiger charge is -2.15. The van der Waals surface area contributed by atoms with Gasteiger partial charge < -0.3 is 15.2 Å². The van der Waals surface area contributed by atoms with Gasteiger partial charge in [0.15, 0.2) is 0 Å². The van der Waals surface area contributed by atoms with Crippen LogP contribution in [-0.2, 0) is 6.42 Å². The second kappa shape index (κ2) is 7.07. The third-order valence-electron chi connectivity index (χ3n) is 2.75. The number of methoxy groups -OCH3 is 1. The quantitative estimate of drug-likeness (QED) is 0.756. The monoisotopic (exact) mass is 249 g/mol. The Morgan fingerprint density at radius 2 is 2.17 bits per heavy atom. The first-order valence-electron chi connectivity index (χ1n) is 6.26.